The minimum absolute atomic E-state index is 0.230. The fourth-order valence-electron chi connectivity index (χ4n) is 4.17. The van der Waals surface area contributed by atoms with Crippen LogP contribution < -0.4 is 19.1 Å². The Bertz CT molecular complexity index is 1160. The second-order valence-corrected chi connectivity index (χ2v) is 9.40. The van der Waals surface area contributed by atoms with Gasteiger partial charge >= 0.3 is 0 Å². The number of rotatable bonds is 8. The summed E-state index contributed by atoms with van der Waals surface area (Å²) < 4.78 is 40.3. The van der Waals surface area contributed by atoms with E-state index in [1.54, 1.807) is 19.2 Å². The number of hydrogen-bond acceptors (Lipinski definition) is 5. The topological polar surface area (TPSA) is 67.9 Å². The minimum Gasteiger partial charge on any atom is -0.495 e. The number of sulfonamides is 1. The molecule has 1 unspecified atom stereocenters. The molecule has 1 fully saturated rings. The van der Waals surface area contributed by atoms with Gasteiger partial charge in [0.15, 0.2) is 0 Å². The van der Waals surface area contributed by atoms with Gasteiger partial charge in [0.2, 0.25) is 10.0 Å². The maximum atomic E-state index is 13.1. The van der Waals surface area contributed by atoms with E-state index in [2.05, 4.69) is 9.62 Å². The van der Waals surface area contributed by atoms with Crippen molar-refractivity contribution in [2.75, 3.05) is 38.3 Å². The summed E-state index contributed by atoms with van der Waals surface area (Å²) in [6.07, 6.45) is 0.921. The fraction of sp³-hybridized carbons (Fsp3) is 0.333. The van der Waals surface area contributed by atoms with E-state index in [4.69, 9.17) is 9.47 Å². The van der Waals surface area contributed by atoms with Gasteiger partial charge in [-0.3, -0.25) is 0 Å². The lowest BCUT2D eigenvalue weighted by molar-refractivity contribution is 0.344. The van der Waals surface area contributed by atoms with E-state index in [0.29, 0.717) is 24.3 Å². The lowest BCUT2D eigenvalue weighted by Gasteiger charge is -2.21. The molecular formula is C24H28N2O4S. The van der Waals surface area contributed by atoms with Gasteiger partial charge in [-0.1, -0.05) is 36.4 Å². The van der Waals surface area contributed by atoms with Gasteiger partial charge in [-0.25, -0.2) is 13.1 Å². The minimum atomic E-state index is -3.65. The Labute approximate surface area is 183 Å². The standard InChI is InChI=1S/C24H28N2O4S/c1-3-30-22-12-13-24(20-9-5-4-8-19(20)22)31(27,28)25-16-18-14-15-26(17-18)21-10-6-7-11-23(21)29-2/h4-13,18,25H,3,14-17H2,1-2H3. The van der Waals surface area contributed by atoms with E-state index in [0.717, 1.165) is 36.3 Å². The van der Waals surface area contributed by atoms with Crippen LogP contribution in [0.15, 0.2) is 65.6 Å². The molecule has 0 aromatic heterocycles. The Kier molecular flexibility index (Phi) is 6.34. The average Bonchev–Trinajstić information content (AvgIpc) is 3.27. The van der Waals surface area contributed by atoms with Crippen molar-refractivity contribution in [3.63, 3.8) is 0 Å². The van der Waals surface area contributed by atoms with Crippen LogP contribution >= 0.6 is 0 Å². The zero-order valence-electron chi connectivity index (χ0n) is 17.9. The molecule has 3 aromatic rings. The second-order valence-electron chi connectivity index (χ2n) is 7.66. The van der Waals surface area contributed by atoms with Crippen LogP contribution in [-0.4, -0.2) is 41.8 Å². The van der Waals surface area contributed by atoms with E-state index in [-0.39, 0.29) is 10.8 Å². The first kappa shape index (κ1) is 21.5. The summed E-state index contributed by atoms with van der Waals surface area (Å²) in [4.78, 5) is 2.54. The number of nitrogens with one attached hydrogen (secondary N) is 1. The van der Waals surface area contributed by atoms with Crippen molar-refractivity contribution >= 4 is 26.5 Å². The maximum Gasteiger partial charge on any atom is 0.241 e. The molecule has 0 amide bonds. The molecule has 1 N–H and O–H groups in total. The van der Waals surface area contributed by atoms with Gasteiger partial charge in [-0.2, -0.15) is 0 Å². The van der Waals surface area contributed by atoms with E-state index in [9.17, 15) is 8.42 Å². The highest BCUT2D eigenvalue weighted by Gasteiger charge is 2.27. The summed E-state index contributed by atoms with van der Waals surface area (Å²) in [5, 5.41) is 1.47. The van der Waals surface area contributed by atoms with Crippen LogP contribution in [0.2, 0.25) is 0 Å². The smallest absolute Gasteiger partial charge is 0.241 e. The highest BCUT2D eigenvalue weighted by Crippen LogP contribution is 2.33. The lowest BCUT2D eigenvalue weighted by atomic mass is 10.1. The van der Waals surface area contributed by atoms with Gasteiger partial charge in [0, 0.05) is 30.4 Å². The van der Waals surface area contributed by atoms with E-state index in [1.807, 2.05) is 55.5 Å². The molecule has 1 heterocycles. The second kappa shape index (κ2) is 9.16. The number of methoxy groups -OCH3 is 1. The zero-order chi connectivity index (χ0) is 21.8. The van der Waals surface area contributed by atoms with Gasteiger partial charge in [-0.15, -0.1) is 0 Å². The monoisotopic (exact) mass is 440 g/mol. The Morgan fingerprint density at radius 1 is 1.00 bits per heavy atom. The van der Waals surface area contributed by atoms with Crippen LogP contribution in [0.4, 0.5) is 5.69 Å². The molecule has 1 aliphatic rings. The average molecular weight is 441 g/mol. The van der Waals surface area contributed by atoms with Gasteiger partial charge in [-0.05, 0) is 43.5 Å². The van der Waals surface area contributed by atoms with Crippen LogP contribution in [0.25, 0.3) is 10.8 Å². The summed E-state index contributed by atoms with van der Waals surface area (Å²) >= 11 is 0. The maximum absolute atomic E-state index is 13.1. The van der Waals surface area contributed by atoms with Crippen molar-refractivity contribution in [1.29, 1.82) is 0 Å². The first-order chi connectivity index (χ1) is 15.0. The number of anilines is 1. The summed E-state index contributed by atoms with van der Waals surface area (Å²) in [5.41, 5.74) is 1.05. The third kappa shape index (κ3) is 4.48. The molecule has 0 saturated carbocycles. The molecule has 6 nitrogen and oxygen atoms in total. The Morgan fingerprint density at radius 2 is 1.74 bits per heavy atom. The van der Waals surface area contributed by atoms with Crippen LogP contribution in [0.3, 0.4) is 0 Å². The summed E-state index contributed by atoms with van der Waals surface area (Å²) in [5.74, 6) is 1.76. The molecule has 0 bridgehead atoms. The summed E-state index contributed by atoms with van der Waals surface area (Å²) in [7, 11) is -1.98. The quantitative estimate of drug-likeness (QED) is 0.572. The molecule has 0 spiro atoms. The molecule has 164 valence electrons. The highest BCUT2D eigenvalue weighted by molar-refractivity contribution is 7.89. The van der Waals surface area contributed by atoms with Crippen LogP contribution in [-0.2, 0) is 10.0 Å². The van der Waals surface area contributed by atoms with E-state index in [1.165, 1.54) is 0 Å². The molecule has 1 atom stereocenters. The van der Waals surface area contributed by atoms with Crippen molar-refractivity contribution in [3.8, 4) is 11.5 Å². The molecule has 0 aliphatic carbocycles. The number of fused-ring (bicyclic) bond motifs is 1. The molecule has 7 heteroatoms. The number of ether oxygens (including phenoxy) is 2. The first-order valence-electron chi connectivity index (χ1n) is 10.6. The van der Waals surface area contributed by atoms with Crippen LogP contribution in [0.1, 0.15) is 13.3 Å². The van der Waals surface area contributed by atoms with Crippen molar-refractivity contribution in [1.82, 2.24) is 4.72 Å². The van der Waals surface area contributed by atoms with Gasteiger partial charge in [0.25, 0.3) is 0 Å². The number of benzene rings is 3. The Hall–Kier alpha value is -2.77. The number of hydrogen-bond donors (Lipinski definition) is 1. The molecule has 0 radical (unpaired) electrons. The predicted octanol–water partition coefficient (Wildman–Crippen LogP) is 4.05. The molecule has 4 rings (SSSR count). The van der Waals surface area contributed by atoms with Crippen molar-refractivity contribution in [3.05, 3.63) is 60.7 Å². The third-order valence-corrected chi connectivity index (χ3v) is 7.19. The van der Waals surface area contributed by atoms with Crippen molar-refractivity contribution in [2.45, 2.75) is 18.2 Å². The van der Waals surface area contributed by atoms with Crippen LogP contribution in [0.5, 0.6) is 11.5 Å². The predicted molar refractivity (Wildman–Crippen MR) is 124 cm³/mol. The third-order valence-electron chi connectivity index (χ3n) is 5.71. The van der Waals surface area contributed by atoms with E-state index >= 15 is 0 Å². The largest absolute Gasteiger partial charge is 0.495 e. The van der Waals surface area contributed by atoms with Gasteiger partial charge in [0.1, 0.15) is 11.5 Å². The zero-order valence-corrected chi connectivity index (χ0v) is 18.7. The van der Waals surface area contributed by atoms with Crippen molar-refractivity contribution in [2.24, 2.45) is 5.92 Å². The summed E-state index contributed by atoms with van der Waals surface area (Å²) in [6.45, 7) is 4.50. The summed E-state index contributed by atoms with van der Waals surface area (Å²) in [6, 6.07) is 18.7. The first-order valence-corrected chi connectivity index (χ1v) is 12.0. The number of para-hydroxylation sites is 2. The normalized spacial score (nSPS) is 16.6. The van der Waals surface area contributed by atoms with Gasteiger partial charge < -0.3 is 14.4 Å². The molecular weight excluding hydrogens is 412 g/mol. The highest BCUT2D eigenvalue weighted by atomic mass is 32.2. The lowest BCUT2D eigenvalue weighted by Crippen LogP contribution is -2.31. The van der Waals surface area contributed by atoms with Gasteiger partial charge in [0.05, 0.1) is 24.3 Å². The fourth-order valence-corrected chi connectivity index (χ4v) is 5.50. The van der Waals surface area contributed by atoms with Crippen molar-refractivity contribution < 1.29 is 17.9 Å². The number of nitrogens with zero attached hydrogens (tertiary/aromatic N) is 1. The molecule has 1 aliphatic heterocycles. The molecule has 1 saturated heterocycles. The van der Waals surface area contributed by atoms with E-state index < -0.39 is 10.0 Å². The SMILES string of the molecule is CCOc1ccc(S(=O)(=O)NCC2CCN(c3ccccc3OC)C2)c2ccccc12. The Balaban J connectivity index is 1.49. The Morgan fingerprint density at radius 3 is 2.52 bits per heavy atom. The molecule has 3 aromatic carbocycles. The molecule has 31 heavy (non-hydrogen) atoms. The van der Waals surface area contributed by atoms with Crippen LogP contribution in [0, 0.1) is 5.92 Å².